The van der Waals surface area contributed by atoms with E-state index in [1.165, 1.54) is 45.5 Å². The second-order valence-corrected chi connectivity index (χ2v) is 13.8. The maximum atomic E-state index is 12.6. The first-order chi connectivity index (χ1) is 23.3. The number of nitrogens with zero attached hydrogens (tertiary/aromatic N) is 2. The average Bonchev–Trinajstić information content (AvgIpc) is 3.11. The Bertz CT molecular complexity index is 1600. The van der Waals surface area contributed by atoms with Crippen LogP contribution >= 0.6 is 0 Å². The van der Waals surface area contributed by atoms with Crippen LogP contribution in [0.4, 0.5) is 0 Å². The van der Waals surface area contributed by atoms with Crippen molar-refractivity contribution in [3.63, 3.8) is 0 Å². The van der Waals surface area contributed by atoms with Gasteiger partial charge in [0.15, 0.2) is 0 Å². The molecule has 248 valence electrons. The molecule has 0 N–H and O–H groups in total. The van der Waals surface area contributed by atoms with Gasteiger partial charge in [-0.05, 0) is 22.3 Å². The van der Waals surface area contributed by atoms with Gasteiger partial charge in [0.05, 0.1) is 27.2 Å². The summed E-state index contributed by atoms with van der Waals surface area (Å²) in [6.07, 6.45) is 6.22. The van der Waals surface area contributed by atoms with Crippen molar-refractivity contribution >= 4 is 11.9 Å². The van der Waals surface area contributed by atoms with E-state index in [4.69, 9.17) is 9.47 Å². The van der Waals surface area contributed by atoms with Crippen LogP contribution in [0.5, 0.6) is 0 Å². The number of hydrogen-bond acceptors (Lipinski definition) is 4. The van der Waals surface area contributed by atoms with Gasteiger partial charge in [0.25, 0.3) is 0 Å². The van der Waals surface area contributed by atoms with Crippen molar-refractivity contribution in [1.82, 2.24) is 0 Å². The standard InChI is InChI=1S/C42H48N2O4/c1-43(25-23-35-17-9-11-19-37(35)39(43)31-33-13-5-3-6-14-33)27-29-47-41(45)21-22-42(46)48-30-28-44(2)26-24-36-18-10-12-20-38(36)40(44)32-34-15-7-4-8-16-34/h3-22,39-40H,23-32H2,1-2H3/q+2/b22-21+/t39-,40-,43+,44+/m1/s1. The third kappa shape index (κ3) is 7.95. The van der Waals surface area contributed by atoms with Crippen molar-refractivity contribution < 1.29 is 28.0 Å². The van der Waals surface area contributed by atoms with Crippen LogP contribution < -0.4 is 0 Å². The number of likely N-dealkylation sites (N-methyl/N-ethyl adjacent to an activating group) is 2. The summed E-state index contributed by atoms with van der Waals surface area (Å²) in [5.74, 6) is -1.05. The highest BCUT2D eigenvalue weighted by Crippen LogP contribution is 2.38. The van der Waals surface area contributed by atoms with E-state index in [1.807, 2.05) is 12.1 Å². The van der Waals surface area contributed by atoms with Gasteiger partial charge in [0, 0.05) is 49.0 Å². The van der Waals surface area contributed by atoms with E-state index in [1.54, 1.807) is 0 Å². The molecule has 0 aromatic heterocycles. The molecule has 0 bridgehead atoms. The zero-order chi connectivity index (χ0) is 33.4. The molecule has 6 nitrogen and oxygen atoms in total. The number of hydrogen-bond donors (Lipinski definition) is 0. The van der Waals surface area contributed by atoms with Crippen LogP contribution in [0, 0.1) is 0 Å². The van der Waals surface area contributed by atoms with Gasteiger partial charge in [-0.25, -0.2) is 9.59 Å². The Labute approximate surface area is 285 Å². The third-order valence-corrected chi connectivity index (χ3v) is 10.7. The molecule has 4 aromatic carbocycles. The van der Waals surface area contributed by atoms with E-state index < -0.39 is 11.9 Å². The Balaban J connectivity index is 1.01. The first-order valence-electron chi connectivity index (χ1n) is 17.3. The first-order valence-corrected chi connectivity index (χ1v) is 17.3. The van der Waals surface area contributed by atoms with Crippen LogP contribution in [0.3, 0.4) is 0 Å². The number of quaternary nitrogens is 2. The summed E-state index contributed by atoms with van der Waals surface area (Å²) in [5.41, 5.74) is 8.16. The predicted molar refractivity (Wildman–Crippen MR) is 189 cm³/mol. The fourth-order valence-corrected chi connectivity index (χ4v) is 7.72. The van der Waals surface area contributed by atoms with E-state index in [0.717, 1.165) is 47.7 Å². The zero-order valence-corrected chi connectivity index (χ0v) is 28.3. The van der Waals surface area contributed by atoms with E-state index in [2.05, 4.69) is 111 Å². The van der Waals surface area contributed by atoms with Crippen molar-refractivity contribution in [3.8, 4) is 0 Å². The Morgan fingerprint density at radius 2 is 0.958 bits per heavy atom. The lowest BCUT2D eigenvalue weighted by Gasteiger charge is -2.45. The zero-order valence-electron chi connectivity index (χ0n) is 28.3. The monoisotopic (exact) mass is 644 g/mol. The topological polar surface area (TPSA) is 52.6 Å². The molecule has 4 atom stereocenters. The number of carbonyl (C=O) groups is 2. The van der Waals surface area contributed by atoms with Crippen LogP contribution in [-0.2, 0) is 44.7 Å². The van der Waals surface area contributed by atoms with Gasteiger partial charge in [0.1, 0.15) is 38.4 Å². The van der Waals surface area contributed by atoms with E-state index in [-0.39, 0.29) is 25.3 Å². The SMILES string of the molecule is C[N@@+]1(CCOC(=O)/C=C/C(=O)OCC[N@+]2(C)CCc3ccccc3[C@H]2Cc2ccccc2)CCc2ccccc2[C@H]1Cc1ccccc1. The molecule has 0 unspecified atom stereocenters. The van der Waals surface area contributed by atoms with E-state index in [9.17, 15) is 9.59 Å². The Morgan fingerprint density at radius 3 is 1.38 bits per heavy atom. The van der Waals surface area contributed by atoms with Crippen LogP contribution in [0.1, 0.15) is 45.5 Å². The van der Waals surface area contributed by atoms with Crippen molar-refractivity contribution in [2.45, 2.75) is 37.8 Å². The van der Waals surface area contributed by atoms with Gasteiger partial charge in [0.2, 0.25) is 0 Å². The largest absolute Gasteiger partial charge is 0.457 e. The second-order valence-electron chi connectivity index (χ2n) is 13.8. The van der Waals surface area contributed by atoms with E-state index >= 15 is 0 Å². The smallest absolute Gasteiger partial charge is 0.331 e. The number of rotatable bonds is 12. The number of ether oxygens (including phenoxy) is 2. The fourth-order valence-electron chi connectivity index (χ4n) is 7.72. The van der Waals surface area contributed by atoms with Gasteiger partial charge >= 0.3 is 11.9 Å². The maximum Gasteiger partial charge on any atom is 0.331 e. The molecule has 48 heavy (non-hydrogen) atoms. The summed E-state index contributed by atoms with van der Waals surface area (Å²) in [5, 5.41) is 0. The third-order valence-electron chi connectivity index (χ3n) is 10.7. The normalized spacial score (nSPS) is 23.2. The lowest BCUT2D eigenvalue weighted by molar-refractivity contribution is -0.941. The molecule has 0 saturated carbocycles. The van der Waals surface area contributed by atoms with Crippen LogP contribution in [0.15, 0.2) is 121 Å². The summed E-state index contributed by atoms with van der Waals surface area (Å²) in [4.78, 5) is 25.3. The van der Waals surface area contributed by atoms with Crippen LogP contribution in [-0.4, -0.2) is 74.4 Å². The number of benzene rings is 4. The summed E-state index contributed by atoms with van der Waals surface area (Å²) in [7, 11) is 4.53. The summed E-state index contributed by atoms with van der Waals surface area (Å²) in [6, 6.07) is 39.1. The van der Waals surface area contributed by atoms with Crippen LogP contribution in [0.25, 0.3) is 0 Å². The van der Waals surface area contributed by atoms with Gasteiger partial charge in [-0.15, -0.1) is 0 Å². The van der Waals surface area contributed by atoms with Gasteiger partial charge in [-0.2, -0.15) is 0 Å². The quantitative estimate of drug-likeness (QED) is 0.0991. The molecule has 4 aromatic rings. The second kappa shape index (κ2) is 15.1. The van der Waals surface area contributed by atoms with Crippen molar-refractivity contribution in [2.75, 3.05) is 53.5 Å². The van der Waals surface area contributed by atoms with Gasteiger partial charge in [-0.3, -0.25) is 0 Å². The van der Waals surface area contributed by atoms with Gasteiger partial charge < -0.3 is 18.4 Å². The minimum absolute atomic E-state index is 0.270. The molecule has 0 fully saturated rings. The minimum atomic E-state index is -0.523. The Morgan fingerprint density at radius 1 is 0.583 bits per heavy atom. The molecular weight excluding hydrogens is 596 g/mol. The predicted octanol–water partition coefficient (Wildman–Crippen LogP) is 6.60. The summed E-state index contributed by atoms with van der Waals surface area (Å²) in [6.45, 7) is 3.90. The average molecular weight is 645 g/mol. The van der Waals surface area contributed by atoms with Crippen molar-refractivity contribution in [2.24, 2.45) is 0 Å². The molecule has 0 aliphatic carbocycles. The Hall–Kier alpha value is -4.52. The van der Waals surface area contributed by atoms with Gasteiger partial charge in [-0.1, -0.05) is 109 Å². The molecule has 0 amide bonds. The summed E-state index contributed by atoms with van der Waals surface area (Å²) < 4.78 is 12.8. The first kappa shape index (κ1) is 33.4. The lowest BCUT2D eigenvalue weighted by Crippen LogP contribution is -2.53. The van der Waals surface area contributed by atoms with E-state index in [0.29, 0.717) is 13.1 Å². The highest BCUT2D eigenvalue weighted by Gasteiger charge is 2.40. The molecule has 2 aliphatic rings. The molecule has 2 aliphatic heterocycles. The fraction of sp³-hybridized carbons (Fsp3) is 0.333. The minimum Gasteiger partial charge on any atom is -0.457 e. The van der Waals surface area contributed by atoms with Crippen molar-refractivity contribution in [3.05, 3.63) is 155 Å². The Kier molecular flexibility index (Phi) is 10.5. The maximum absolute atomic E-state index is 12.6. The molecule has 0 saturated heterocycles. The molecule has 0 radical (unpaired) electrons. The van der Waals surface area contributed by atoms with Crippen molar-refractivity contribution in [1.29, 1.82) is 0 Å². The number of carbonyl (C=O) groups excluding carboxylic acids is 2. The summed E-state index contributed by atoms with van der Waals surface area (Å²) >= 11 is 0. The molecule has 6 heteroatoms. The lowest BCUT2D eigenvalue weighted by atomic mass is 9.87. The molecule has 2 heterocycles. The molecule has 0 spiro atoms. The molecule has 6 rings (SSSR count). The van der Waals surface area contributed by atoms with Crippen LogP contribution in [0.2, 0.25) is 0 Å². The number of esters is 2. The highest BCUT2D eigenvalue weighted by molar-refractivity contribution is 5.91. The molecular formula is C42H48N2O4+2. The number of fused-ring (bicyclic) bond motifs is 2. The highest BCUT2D eigenvalue weighted by atomic mass is 16.5.